The van der Waals surface area contributed by atoms with Gasteiger partial charge in [-0.2, -0.15) is 0 Å². The van der Waals surface area contributed by atoms with Gasteiger partial charge >= 0.3 is 0 Å². The third kappa shape index (κ3) is 8.17. The van der Waals surface area contributed by atoms with Crippen molar-refractivity contribution in [1.29, 1.82) is 0 Å². The Morgan fingerprint density at radius 3 is 2.07 bits per heavy atom. The normalized spacial score (nSPS) is 12.3. The van der Waals surface area contributed by atoms with Gasteiger partial charge < -0.3 is 19.7 Å². The van der Waals surface area contributed by atoms with Crippen LogP contribution >= 0.6 is 11.6 Å². The Morgan fingerprint density at radius 2 is 1.52 bits per heavy atom. The molecule has 0 aliphatic rings. The Balaban J connectivity index is 2.07. The molecule has 9 nitrogen and oxygen atoms in total. The van der Waals surface area contributed by atoms with Crippen LogP contribution in [0.4, 0.5) is 5.69 Å². The number of carbonyl (C=O) groups excluding carboxylic acids is 2. The van der Waals surface area contributed by atoms with Gasteiger partial charge in [0, 0.05) is 23.2 Å². The fraction of sp³-hybridized carbons (Fsp3) is 0.355. The summed E-state index contributed by atoms with van der Waals surface area (Å²) in [5.41, 5.74) is 1.41. The summed E-state index contributed by atoms with van der Waals surface area (Å²) in [5, 5.41) is 3.44. The van der Waals surface area contributed by atoms with Crippen molar-refractivity contribution >= 4 is 39.1 Å². The summed E-state index contributed by atoms with van der Waals surface area (Å²) in [4.78, 5) is 28.5. The van der Waals surface area contributed by atoms with E-state index in [0.717, 1.165) is 15.4 Å². The van der Waals surface area contributed by atoms with Crippen LogP contribution in [0.1, 0.15) is 38.8 Å². The van der Waals surface area contributed by atoms with Crippen molar-refractivity contribution < 1.29 is 27.5 Å². The van der Waals surface area contributed by atoms with E-state index in [2.05, 4.69) is 5.32 Å². The van der Waals surface area contributed by atoms with E-state index in [1.165, 1.54) is 37.3 Å². The third-order valence-electron chi connectivity index (χ3n) is 6.48. The number of methoxy groups -OCH3 is 2. The number of anilines is 1. The number of aryl methyl sites for hydroxylation is 1. The highest BCUT2D eigenvalue weighted by atomic mass is 35.5. The van der Waals surface area contributed by atoms with E-state index in [4.69, 9.17) is 21.1 Å². The standard InChI is InChI=1S/C31H38ClN3O6S/c1-21-8-14-25(15-9-21)35(42(38,39)26-16-17-27(40-6)28(18-26)41-7)20-29(36)34(19-23-10-12-24(32)13-11-23)22(2)30(37)33-31(3,4)5/h8-18,22H,19-20H2,1-7H3,(H,33,37)/t22-/m1/s1. The fourth-order valence-corrected chi connectivity index (χ4v) is 5.74. The van der Waals surface area contributed by atoms with Crippen LogP contribution in [0, 0.1) is 6.92 Å². The molecule has 0 unspecified atom stereocenters. The molecule has 3 aromatic carbocycles. The number of ether oxygens (including phenoxy) is 2. The van der Waals surface area contributed by atoms with Crippen LogP contribution in [-0.4, -0.2) is 57.5 Å². The number of hydrogen-bond donors (Lipinski definition) is 1. The van der Waals surface area contributed by atoms with Crippen molar-refractivity contribution in [2.75, 3.05) is 25.1 Å². The second-order valence-electron chi connectivity index (χ2n) is 10.9. The topological polar surface area (TPSA) is 105 Å². The van der Waals surface area contributed by atoms with Gasteiger partial charge in [0.25, 0.3) is 10.0 Å². The van der Waals surface area contributed by atoms with Gasteiger partial charge in [-0.05, 0) is 76.6 Å². The maximum absolute atomic E-state index is 14.1. The molecule has 3 rings (SSSR count). The van der Waals surface area contributed by atoms with Crippen LogP contribution in [0.25, 0.3) is 0 Å². The van der Waals surface area contributed by atoms with Gasteiger partial charge in [0.05, 0.1) is 24.8 Å². The Morgan fingerprint density at radius 1 is 0.929 bits per heavy atom. The van der Waals surface area contributed by atoms with E-state index >= 15 is 0 Å². The number of carbonyl (C=O) groups is 2. The summed E-state index contributed by atoms with van der Waals surface area (Å²) in [6.07, 6.45) is 0. The van der Waals surface area contributed by atoms with Crippen LogP contribution in [0.3, 0.4) is 0 Å². The van der Waals surface area contributed by atoms with Gasteiger partial charge in [-0.3, -0.25) is 13.9 Å². The van der Waals surface area contributed by atoms with Crippen molar-refractivity contribution in [3.05, 3.63) is 82.9 Å². The van der Waals surface area contributed by atoms with Crippen LogP contribution < -0.4 is 19.1 Å². The quantitative estimate of drug-likeness (QED) is 0.318. The Hall–Kier alpha value is -3.76. The number of nitrogens with zero attached hydrogens (tertiary/aromatic N) is 2. The smallest absolute Gasteiger partial charge is 0.264 e. The lowest BCUT2D eigenvalue weighted by atomic mass is 10.1. The Kier molecular flexibility index (Phi) is 10.5. The molecule has 1 N–H and O–H groups in total. The number of hydrogen-bond acceptors (Lipinski definition) is 6. The number of rotatable bonds is 11. The van der Waals surface area contributed by atoms with E-state index in [9.17, 15) is 18.0 Å². The predicted octanol–water partition coefficient (Wildman–Crippen LogP) is 5.19. The van der Waals surface area contributed by atoms with Gasteiger partial charge in [-0.15, -0.1) is 0 Å². The van der Waals surface area contributed by atoms with E-state index in [1.54, 1.807) is 55.5 Å². The molecule has 0 aliphatic carbocycles. The van der Waals surface area contributed by atoms with Crippen LogP contribution in [0.15, 0.2) is 71.6 Å². The maximum atomic E-state index is 14.1. The van der Waals surface area contributed by atoms with Gasteiger partial charge in [-0.1, -0.05) is 41.4 Å². The van der Waals surface area contributed by atoms with Crippen LogP contribution in [0.5, 0.6) is 11.5 Å². The molecule has 0 saturated heterocycles. The molecule has 11 heteroatoms. The van der Waals surface area contributed by atoms with E-state index in [1.807, 2.05) is 27.7 Å². The SMILES string of the molecule is COc1ccc(S(=O)(=O)N(CC(=O)N(Cc2ccc(Cl)cc2)[C@H](C)C(=O)NC(C)(C)C)c2ccc(C)cc2)cc1OC. The fourth-order valence-electron chi connectivity index (χ4n) is 4.19. The molecule has 0 aliphatic heterocycles. The van der Waals surface area contributed by atoms with Crippen molar-refractivity contribution in [2.45, 2.75) is 57.6 Å². The molecule has 42 heavy (non-hydrogen) atoms. The van der Waals surface area contributed by atoms with E-state index in [0.29, 0.717) is 16.5 Å². The average molecular weight is 616 g/mol. The second kappa shape index (κ2) is 13.5. The zero-order valence-corrected chi connectivity index (χ0v) is 26.5. The molecule has 226 valence electrons. The zero-order valence-electron chi connectivity index (χ0n) is 25.0. The van der Waals surface area contributed by atoms with Gasteiger partial charge in [-0.25, -0.2) is 8.42 Å². The lowest BCUT2D eigenvalue weighted by Crippen LogP contribution is -2.54. The van der Waals surface area contributed by atoms with Crippen LogP contribution in [0.2, 0.25) is 5.02 Å². The summed E-state index contributed by atoms with van der Waals surface area (Å²) in [6, 6.07) is 17.0. The number of benzene rings is 3. The highest BCUT2D eigenvalue weighted by molar-refractivity contribution is 7.92. The molecule has 1 atom stereocenters. The molecular weight excluding hydrogens is 578 g/mol. The van der Waals surface area contributed by atoms with Gasteiger partial charge in [0.15, 0.2) is 11.5 Å². The maximum Gasteiger partial charge on any atom is 0.264 e. The molecule has 0 aromatic heterocycles. The van der Waals surface area contributed by atoms with Crippen molar-refractivity contribution in [3.8, 4) is 11.5 Å². The first-order valence-electron chi connectivity index (χ1n) is 13.3. The molecular formula is C31H38ClN3O6S. The van der Waals surface area contributed by atoms with E-state index < -0.39 is 34.1 Å². The summed E-state index contributed by atoms with van der Waals surface area (Å²) >= 11 is 6.06. The second-order valence-corrected chi connectivity index (χ2v) is 13.2. The first-order valence-corrected chi connectivity index (χ1v) is 15.2. The Bertz CT molecular complexity index is 1500. The predicted molar refractivity (Wildman–Crippen MR) is 165 cm³/mol. The van der Waals surface area contributed by atoms with Crippen molar-refractivity contribution in [2.24, 2.45) is 0 Å². The molecule has 3 aromatic rings. The minimum Gasteiger partial charge on any atom is -0.493 e. The first-order chi connectivity index (χ1) is 19.7. The number of nitrogens with one attached hydrogen (secondary N) is 1. The highest BCUT2D eigenvalue weighted by Gasteiger charge is 2.33. The molecule has 2 amide bonds. The largest absolute Gasteiger partial charge is 0.493 e. The zero-order chi connectivity index (χ0) is 31.2. The van der Waals surface area contributed by atoms with Gasteiger partial charge in [0.1, 0.15) is 12.6 Å². The van der Waals surface area contributed by atoms with Gasteiger partial charge in [0.2, 0.25) is 11.8 Å². The Labute approximate surface area is 253 Å². The lowest BCUT2D eigenvalue weighted by Gasteiger charge is -2.33. The van der Waals surface area contributed by atoms with Crippen molar-refractivity contribution in [1.82, 2.24) is 10.2 Å². The van der Waals surface area contributed by atoms with Crippen molar-refractivity contribution in [3.63, 3.8) is 0 Å². The summed E-state index contributed by atoms with van der Waals surface area (Å²) in [7, 11) is -1.41. The number of halogens is 1. The molecule has 0 fully saturated rings. The molecule has 0 radical (unpaired) electrons. The highest BCUT2D eigenvalue weighted by Crippen LogP contribution is 2.32. The summed E-state index contributed by atoms with van der Waals surface area (Å²) in [5.74, 6) is -0.339. The summed E-state index contributed by atoms with van der Waals surface area (Å²) < 4.78 is 39.8. The number of amides is 2. The molecule has 0 saturated carbocycles. The molecule has 0 bridgehead atoms. The molecule has 0 heterocycles. The lowest BCUT2D eigenvalue weighted by molar-refractivity contribution is -0.140. The first kappa shape index (κ1) is 32.8. The van der Waals surface area contributed by atoms with E-state index in [-0.39, 0.29) is 23.1 Å². The minimum atomic E-state index is -4.27. The average Bonchev–Trinajstić information content (AvgIpc) is 2.94. The third-order valence-corrected chi connectivity index (χ3v) is 8.50. The minimum absolute atomic E-state index is 0.0624. The number of sulfonamides is 1. The van der Waals surface area contributed by atoms with Crippen LogP contribution in [-0.2, 0) is 26.2 Å². The molecule has 0 spiro atoms. The monoisotopic (exact) mass is 615 g/mol. The summed E-state index contributed by atoms with van der Waals surface area (Å²) in [6.45, 7) is 8.54.